The minimum Gasteiger partial charge on any atom is -0.396 e. The number of aromatic nitrogens is 3. The lowest BCUT2D eigenvalue weighted by Gasteiger charge is -2.08. The number of rotatable bonds is 4. The van der Waals surface area contributed by atoms with Gasteiger partial charge in [-0.2, -0.15) is 13.5 Å². The standard InChI is InChI=1S/C11H15N5O2S/c1-3-9-10(7-16(2)14-9)15-19(17,18)11-8(12)5-4-6-13-11/h4-7,15H,3,12H2,1-2H3. The predicted octanol–water partition coefficient (Wildman–Crippen LogP) is 0.761. The quantitative estimate of drug-likeness (QED) is 0.861. The molecule has 0 bridgehead atoms. The first-order chi connectivity index (χ1) is 8.94. The van der Waals surface area contributed by atoms with E-state index >= 15 is 0 Å². The second-order valence-electron chi connectivity index (χ2n) is 4.02. The maximum atomic E-state index is 12.2. The van der Waals surface area contributed by atoms with Gasteiger partial charge in [-0.15, -0.1) is 0 Å². The monoisotopic (exact) mass is 281 g/mol. The first kappa shape index (κ1) is 13.3. The number of nitrogens with zero attached hydrogens (tertiary/aromatic N) is 3. The summed E-state index contributed by atoms with van der Waals surface area (Å²) in [4.78, 5) is 3.81. The minimum absolute atomic E-state index is 0.108. The van der Waals surface area contributed by atoms with Crippen molar-refractivity contribution >= 4 is 21.4 Å². The van der Waals surface area contributed by atoms with E-state index in [2.05, 4.69) is 14.8 Å². The Kier molecular flexibility index (Phi) is 3.43. The average Bonchev–Trinajstić information content (AvgIpc) is 2.69. The molecule has 0 amide bonds. The molecule has 2 aromatic rings. The molecule has 3 N–H and O–H groups in total. The molecule has 0 atom stereocenters. The van der Waals surface area contributed by atoms with Crippen molar-refractivity contribution in [1.82, 2.24) is 14.8 Å². The van der Waals surface area contributed by atoms with Gasteiger partial charge in [0.2, 0.25) is 0 Å². The van der Waals surface area contributed by atoms with E-state index < -0.39 is 10.0 Å². The Balaban J connectivity index is 2.39. The van der Waals surface area contributed by atoms with Crippen LogP contribution in [0.15, 0.2) is 29.6 Å². The molecule has 0 fully saturated rings. The summed E-state index contributed by atoms with van der Waals surface area (Å²) in [5.41, 5.74) is 6.85. The Labute approximate surface area is 111 Å². The number of pyridine rings is 1. The highest BCUT2D eigenvalue weighted by Gasteiger charge is 2.21. The summed E-state index contributed by atoms with van der Waals surface area (Å²) >= 11 is 0. The fourth-order valence-electron chi connectivity index (χ4n) is 1.70. The summed E-state index contributed by atoms with van der Waals surface area (Å²) in [5, 5.41) is 3.99. The zero-order valence-electron chi connectivity index (χ0n) is 10.7. The van der Waals surface area contributed by atoms with E-state index in [4.69, 9.17) is 5.73 Å². The first-order valence-electron chi connectivity index (χ1n) is 5.70. The number of hydrogen-bond acceptors (Lipinski definition) is 5. The van der Waals surface area contributed by atoms with Crippen LogP contribution in [-0.4, -0.2) is 23.2 Å². The molecule has 0 saturated heterocycles. The van der Waals surface area contributed by atoms with Gasteiger partial charge in [0.25, 0.3) is 10.0 Å². The number of aryl methyl sites for hydroxylation is 2. The summed E-state index contributed by atoms with van der Waals surface area (Å²) in [6, 6.07) is 3.07. The second kappa shape index (κ2) is 4.88. The number of anilines is 2. The Morgan fingerprint density at radius 3 is 2.84 bits per heavy atom. The molecule has 7 nitrogen and oxygen atoms in total. The molecule has 2 rings (SSSR count). The van der Waals surface area contributed by atoms with Crippen LogP contribution in [0, 0.1) is 0 Å². The van der Waals surface area contributed by atoms with Gasteiger partial charge < -0.3 is 5.73 Å². The van der Waals surface area contributed by atoms with E-state index in [9.17, 15) is 8.42 Å². The van der Waals surface area contributed by atoms with Gasteiger partial charge in [0.1, 0.15) is 0 Å². The van der Waals surface area contributed by atoms with Crippen molar-refractivity contribution < 1.29 is 8.42 Å². The minimum atomic E-state index is -3.80. The maximum absolute atomic E-state index is 12.2. The third-order valence-corrected chi connectivity index (χ3v) is 3.88. The topological polar surface area (TPSA) is 103 Å². The fraction of sp³-hybridized carbons (Fsp3) is 0.273. The zero-order chi connectivity index (χ0) is 14.0. The van der Waals surface area contributed by atoms with Crippen molar-refractivity contribution in [2.24, 2.45) is 7.05 Å². The van der Waals surface area contributed by atoms with Crippen molar-refractivity contribution in [3.05, 3.63) is 30.2 Å². The lowest BCUT2D eigenvalue weighted by molar-refractivity contribution is 0.598. The maximum Gasteiger partial charge on any atom is 0.281 e. The predicted molar refractivity (Wildman–Crippen MR) is 72.0 cm³/mol. The lowest BCUT2D eigenvalue weighted by atomic mass is 10.3. The Hall–Kier alpha value is -2.09. The highest BCUT2D eigenvalue weighted by Crippen LogP contribution is 2.21. The van der Waals surface area contributed by atoms with Crippen LogP contribution in [0.5, 0.6) is 0 Å². The highest BCUT2D eigenvalue weighted by atomic mass is 32.2. The molecule has 0 radical (unpaired) electrons. The molecular weight excluding hydrogens is 266 g/mol. The van der Waals surface area contributed by atoms with Crippen molar-refractivity contribution in [2.75, 3.05) is 10.5 Å². The number of nitrogen functional groups attached to an aromatic ring is 1. The third-order valence-electron chi connectivity index (χ3n) is 2.54. The van der Waals surface area contributed by atoms with E-state index in [0.29, 0.717) is 17.8 Å². The van der Waals surface area contributed by atoms with Crippen LogP contribution in [0.3, 0.4) is 0 Å². The SMILES string of the molecule is CCc1nn(C)cc1NS(=O)(=O)c1ncccc1N. The zero-order valence-corrected chi connectivity index (χ0v) is 11.5. The first-order valence-corrected chi connectivity index (χ1v) is 7.18. The molecule has 19 heavy (non-hydrogen) atoms. The Bertz CT molecular complexity index is 693. The van der Waals surface area contributed by atoms with Crippen molar-refractivity contribution in [2.45, 2.75) is 18.4 Å². The summed E-state index contributed by atoms with van der Waals surface area (Å²) in [5.74, 6) is 0. The normalized spacial score (nSPS) is 11.5. The van der Waals surface area contributed by atoms with E-state index in [-0.39, 0.29) is 10.7 Å². The summed E-state index contributed by atoms with van der Waals surface area (Å²) in [7, 11) is -2.07. The van der Waals surface area contributed by atoms with Gasteiger partial charge in [0.05, 0.1) is 17.1 Å². The summed E-state index contributed by atoms with van der Waals surface area (Å²) in [6.07, 6.45) is 3.61. The average molecular weight is 281 g/mol. The van der Waals surface area contributed by atoms with Crippen molar-refractivity contribution in [3.63, 3.8) is 0 Å². The smallest absolute Gasteiger partial charge is 0.281 e. The number of nitrogens with one attached hydrogen (secondary N) is 1. The van der Waals surface area contributed by atoms with E-state index in [0.717, 1.165) is 0 Å². The molecule has 0 spiro atoms. The Morgan fingerprint density at radius 2 is 2.21 bits per heavy atom. The van der Waals surface area contributed by atoms with Crippen molar-refractivity contribution in [1.29, 1.82) is 0 Å². The van der Waals surface area contributed by atoms with Crippen LogP contribution in [0.1, 0.15) is 12.6 Å². The van der Waals surface area contributed by atoms with E-state index in [1.165, 1.54) is 12.3 Å². The molecular formula is C11H15N5O2S. The highest BCUT2D eigenvalue weighted by molar-refractivity contribution is 7.92. The molecule has 0 aliphatic rings. The Morgan fingerprint density at radius 1 is 1.47 bits per heavy atom. The number of sulfonamides is 1. The lowest BCUT2D eigenvalue weighted by Crippen LogP contribution is -2.16. The van der Waals surface area contributed by atoms with Crippen LogP contribution in [0.2, 0.25) is 0 Å². The fourth-order valence-corrected chi connectivity index (χ4v) is 2.84. The van der Waals surface area contributed by atoms with Crippen LogP contribution < -0.4 is 10.5 Å². The molecule has 0 aliphatic heterocycles. The van der Waals surface area contributed by atoms with Gasteiger partial charge in [-0.1, -0.05) is 6.92 Å². The van der Waals surface area contributed by atoms with E-state index in [1.807, 2.05) is 6.92 Å². The van der Waals surface area contributed by atoms with Crippen LogP contribution in [-0.2, 0) is 23.5 Å². The molecule has 0 aliphatic carbocycles. The van der Waals surface area contributed by atoms with Crippen LogP contribution in [0.25, 0.3) is 0 Å². The molecule has 102 valence electrons. The third kappa shape index (κ3) is 2.68. The molecule has 0 aromatic carbocycles. The molecule has 0 saturated carbocycles. The van der Waals surface area contributed by atoms with Gasteiger partial charge in [0, 0.05) is 19.4 Å². The largest absolute Gasteiger partial charge is 0.396 e. The van der Waals surface area contributed by atoms with Gasteiger partial charge in [-0.05, 0) is 18.6 Å². The molecule has 0 unspecified atom stereocenters. The van der Waals surface area contributed by atoms with Gasteiger partial charge in [-0.25, -0.2) is 4.98 Å². The number of nitrogens with two attached hydrogens (primary N) is 1. The van der Waals surface area contributed by atoms with Crippen molar-refractivity contribution in [3.8, 4) is 0 Å². The van der Waals surface area contributed by atoms with E-state index in [1.54, 1.807) is 24.0 Å². The molecule has 2 aromatic heterocycles. The van der Waals surface area contributed by atoms with Gasteiger partial charge in [-0.3, -0.25) is 9.40 Å². The van der Waals surface area contributed by atoms with Crippen LogP contribution in [0.4, 0.5) is 11.4 Å². The number of hydrogen-bond donors (Lipinski definition) is 2. The van der Waals surface area contributed by atoms with Gasteiger partial charge in [0.15, 0.2) is 5.03 Å². The van der Waals surface area contributed by atoms with Gasteiger partial charge >= 0.3 is 0 Å². The van der Waals surface area contributed by atoms with Crippen LogP contribution >= 0.6 is 0 Å². The second-order valence-corrected chi connectivity index (χ2v) is 5.62. The molecule has 8 heteroatoms. The summed E-state index contributed by atoms with van der Waals surface area (Å²) < 4.78 is 28.4. The molecule has 2 heterocycles. The summed E-state index contributed by atoms with van der Waals surface area (Å²) in [6.45, 7) is 1.90.